The minimum Gasteiger partial charge on any atom is -0.373 e. The fourth-order valence-electron chi connectivity index (χ4n) is 1.16. The summed E-state index contributed by atoms with van der Waals surface area (Å²) in [5.41, 5.74) is 4.06. The summed E-state index contributed by atoms with van der Waals surface area (Å²) < 4.78 is 5.10. The van der Waals surface area contributed by atoms with E-state index in [0.29, 0.717) is 6.10 Å². The molecule has 0 aromatic heterocycles. The lowest BCUT2D eigenvalue weighted by Crippen LogP contribution is -1.93. The first kappa shape index (κ1) is 7.58. The molecule has 1 unspecified atom stereocenters. The van der Waals surface area contributed by atoms with E-state index in [1.807, 2.05) is 24.3 Å². The van der Waals surface area contributed by atoms with Crippen LogP contribution in [0.5, 0.6) is 0 Å². The molecule has 0 spiro atoms. The van der Waals surface area contributed by atoms with Crippen LogP contribution in [0.25, 0.3) is 0 Å². The summed E-state index contributed by atoms with van der Waals surface area (Å²) in [4.78, 5) is 0. The van der Waals surface area contributed by atoms with Gasteiger partial charge in [-0.3, -0.25) is 10.7 Å². The molecule has 12 heavy (non-hydrogen) atoms. The van der Waals surface area contributed by atoms with Gasteiger partial charge in [0.15, 0.2) is 0 Å². The monoisotopic (exact) mass is 165 g/mol. The average molecular weight is 165 g/mol. The van der Waals surface area contributed by atoms with Gasteiger partial charge in [-0.15, -0.1) is 0 Å². The van der Waals surface area contributed by atoms with Crippen molar-refractivity contribution in [3.63, 3.8) is 0 Å². The quantitative estimate of drug-likeness (QED) is 0.526. The van der Waals surface area contributed by atoms with E-state index in [1.54, 1.807) is 0 Å². The molecule has 3 nitrogen and oxygen atoms in total. The van der Waals surface area contributed by atoms with Crippen molar-refractivity contribution >= 4 is 5.69 Å². The molecule has 3 heteroatoms. The van der Waals surface area contributed by atoms with Gasteiger partial charge in [0.05, 0.1) is 18.4 Å². The van der Waals surface area contributed by atoms with Gasteiger partial charge in [0, 0.05) is 6.42 Å². The number of ether oxygens (including phenoxy) is 1. The van der Waals surface area contributed by atoms with Crippen LogP contribution in [0, 0.1) is 0 Å². The molecule has 0 saturated carbocycles. The van der Waals surface area contributed by atoms with Crippen LogP contribution >= 0.6 is 0 Å². The summed E-state index contributed by atoms with van der Waals surface area (Å²) in [6.07, 6.45) is 1.41. The molecule has 1 atom stereocenters. The molecule has 0 amide bonds. The fraction of sp³-hybridized carbons (Fsp3) is 0.333. The van der Waals surface area contributed by atoms with Crippen molar-refractivity contribution in [3.8, 4) is 0 Å². The SMILES string of the molecule is ONc1ccc(CC2CO2)cc1. The molecule has 1 fully saturated rings. The summed E-state index contributed by atoms with van der Waals surface area (Å²) in [7, 11) is 0. The third-order valence-electron chi connectivity index (χ3n) is 1.95. The van der Waals surface area contributed by atoms with E-state index in [9.17, 15) is 0 Å². The highest BCUT2D eigenvalue weighted by atomic mass is 16.6. The molecule has 1 aliphatic rings. The largest absolute Gasteiger partial charge is 0.373 e. The third-order valence-corrected chi connectivity index (χ3v) is 1.95. The predicted molar refractivity (Wildman–Crippen MR) is 45.3 cm³/mol. The number of rotatable bonds is 3. The van der Waals surface area contributed by atoms with Crippen LogP contribution in [0.2, 0.25) is 0 Å². The Labute approximate surface area is 70.9 Å². The summed E-state index contributed by atoms with van der Waals surface area (Å²) in [6.45, 7) is 0.889. The van der Waals surface area contributed by atoms with Gasteiger partial charge < -0.3 is 4.74 Å². The van der Waals surface area contributed by atoms with Crippen molar-refractivity contribution in [2.45, 2.75) is 12.5 Å². The van der Waals surface area contributed by atoms with Crippen molar-refractivity contribution in [1.29, 1.82) is 0 Å². The van der Waals surface area contributed by atoms with E-state index >= 15 is 0 Å². The van der Waals surface area contributed by atoms with Gasteiger partial charge in [-0.2, -0.15) is 0 Å². The first-order valence-electron chi connectivity index (χ1n) is 3.99. The van der Waals surface area contributed by atoms with Crippen LogP contribution in [0.3, 0.4) is 0 Å². The first-order chi connectivity index (χ1) is 5.88. The van der Waals surface area contributed by atoms with E-state index < -0.39 is 0 Å². The molecular weight excluding hydrogens is 154 g/mol. The summed E-state index contributed by atoms with van der Waals surface area (Å²) in [5, 5.41) is 8.55. The Balaban J connectivity index is 2.02. The molecule has 1 saturated heterocycles. The minimum absolute atomic E-state index is 0.429. The summed E-state index contributed by atoms with van der Waals surface area (Å²) in [5.74, 6) is 0. The smallest absolute Gasteiger partial charge is 0.0850 e. The Bertz CT molecular complexity index is 254. The number of nitrogens with one attached hydrogen (secondary N) is 1. The lowest BCUT2D eigenvalue weighted by molar-refractivity contribution is 0.389. The van der Waals surface area contributed by atoms with Crippen LogP contribution in [0.4, 0.5) is 5.69 Å². The van der Waals surface area contributed by atoms with Crippen molar-refractivity contribution in [1.82, 2.24) is 0 Å². The number of hydrogen-bond donors (Lipinski definition) is 2. The van der Waals surface area contributed by atoms with Crippen molar-refractivity contribution in [3.05, 3.63) is 29.8 Å². The average Bonchev–Trinajstić information content (AvgIpc) is 2.90. The highest BCUT2D eigenvalue weighted by Crippen LogP contribution is 2.17. The molecule has 2 N–H and O–H groups in total. The number of anilines is 1. The second-order valence-electron chi connectivity index (χ2n) is 2.97. The molecule has 64 valence electrons. The minimum atomic E-state index is 0.429. The first-order valence-corrected chi connectivity index (χ1v) is 3.99. The van der Waals surface area contributed by atoms with Gasteiger partial charge in [-0.25, -0.2) is 0 Å². The van der Waals surface area contributed by atoms with Gasteiger partial charge >= 0.3 is 0 Å². The van der Waals surface area contributed by atoms with Gasteiger partial charge in [-0.1, -0.05) is 12.1 Å². The highest BCUT2D eigenvalue weighted by Gasteiger charge is 2.22. The molecule has 1 aliphatic heterocycles. The Hall–Kier alpha value is -1.06. The van der Waals surface area contributed by atoms with Crippen LogP contribution in [-0.4, -0.2) is 17.9 Å². The Morgan fingerprint density at radius 3 is 2.58 bits per heavy atom. The van der Waals surface area contributed by atoms with E-state index in [-0.39, 0.29) is 0 Å². The van der Waals surface area contributed by atoms with E-state index in [0.717, 1.165) is 18.7 Å². The number of benzene rings is 1. The van der Waals surface area contributed by atoms with Crippen molar-refractivity contribution < 1.29 is 9.94 Å². The maximum atomic E-state index is 8.55. The van der Waals surface area contributed by atoms with Gasteiger partial charge in [-0.05, 0) is 17.7 Å². The third kappa shape index (κ3) is 1.75. The number of epoxide rings is 1. The lowest BCUT2D eigenvalue weighted by atomic mass is 10.1. The second kappa shape index (κ2) is 3.13. The van der Waals surface area contributed by atoms with Gasteiger partial charge in [0.25, 0.3) is 0 Å². The maximum absolute atomic E-state index is 8.55. The van der Waals surface area contributed by atoms with Crippen LogP contribution < -0.4 is 5.48 Å². The number of hydrogen-bond acceptors (Lipinski definition) is 3. The molecule has 0 radical (unpaired) electrons. The molecule has 1 heterocycles. The zero-order valence-electron chi connectivity index (χ0n) is 6.66. The highest BCUT2D eigenvalue weighted by molar-refractivity contribution is 5.42. The van der Waals surface area contributed by atoms with E-state index in [2.05, 4.69) is 5.48 Å². The zero-order chi connectivity index (χ0) is 8.39. The van der Waals surface area contributed by atoms with Crippen molar-refractivity contribution in [2.24, 2.45) is 0 Å². The Morgan fingerprint density at radius 1 is 1.42 bits per heavy atom. The Morgan fingerprint density at radius 2 is 2.08 bits per heavy atom. The standard InChI is InChI=1S/C9H11NO2/c11-10-8-3-1-7(2-4-8)5-9-6-12-9/h1-4,9-11H,5-6H2. The lowest BCUT2D eigenvalue weighted by Gasteiger charge is -2.00. The Kier molecular flexibility index (Phi) is 1.98. The molecule has 1 aromatic carbocycles. The normalized spacial score (nSPS) is 20.6. The van der Waals surface area contributed by atoms with E-state index in [1.165, 1.54) is 5.56 Å². The van der Waals surface area contributed by atoms with Crippen LogP contribution in [-0.2, 0) is 11.2 Å². The maximum Gasteiger partial charge on any atom is 0.0850 e. The van der Waals surface area contributed by atoms with Crippen LogP contribution in [0.15, 0.2) is 24.3 Å². The summed E-state index contributed by atoms with van der Waals surface area (Å²) in [6, 6.07) is 7.66. The molecular formula is C9H11NO2. The molecule has 0 bridgehead atoms. The van der Waals surface area contributed by atoms with Crippen molar-refractivity contribution in [2.75, 3.05) is 12.1 Å². The molecule has 0 aliphatic carbocycles. The van der Waals surface area contributed by atoms with Gasteiger partial charge in [0.2, 0.25) is 0 Å². The van der Waals surface area contributed by atoms with Gasteiger partial charge in [0.1, 0.15) is 0 Å². The molecule has 2 rings (SSSR count). The topological polar surface area (TPSA) is 44.8 Å². The molecule has 1 aromatic rings. The van der Waals surface area contributed by atoms with E-state index in [4.69, 9.17) is 9.94 Å². The second-order valence-corrected chi connectivity index (χ2v) is 2.97. The predicted octanol–water partition coefficient (Wildman–Crippen LogP) is 1.43. The van der Waals surface area contributed by atoms with Crippen LogP contribution in [0.1, 0.15) is 5.56 Å². The summed E-state index contributed by atoms with van der Waals surface area (Å²) >= 11 is 0. The fourth-order valence-corrected chi connectivity index (χ4v) is 1.16. The zero-order valence-corrected chi connectivity index (χ0v) is 6.66.